The summed E-state index contributed by atoms with van der Waals surface area (Å²) in [5, 5.41) is 11.4. The fraction of sp³-hybridized carbons (Fsp3) is 0.833. The summed E-state index contributed by atoms with van der Waals surface area (Å²) in [6.45, 7) is 9.47. The quantitative estimate of drug-likeness (QED) is 0.750. The van der Waals surface area contributed by atoms with Crippen LogP contribution in [0.2, 0.25) is 0 Å². The number of nitrogens with one attached hydrogen (secondary N) is 1. The van der Waals surface area contributed by atoms with E-state index in [1.165, 1.54) is 0 Å². The second kappa shape index (κ2) is 9.17. The predicted octanol–water partition coefficient (Wildman–Crippen LogP) is 2.25. The molecule has 4 heteroatoms. The molecule has 16 heavy (non-hydrogen) atoms. The molecule has 0 aromatic carbocycles. The highest BCUT2D eigenvalue weighted by molar-refractivity contribution is 5.69. The zero-order valence-corrected chi connectivity index (χ0v) is 11.3. The number of esters is 1. The summed E-state index contributed by atoms with van der Waals surface area (Å²) in [5.74, 6) is -0.256. The van der Waals surface area contributed by atoms with Gasteiger partial charge in [-0.3, -0.25) is 4.79 Å². The highest BCUT2D eigenvalue weighted by Gasteiger charge is 2.17. The average Bonchev–Trinajstić information content (AvgIpc) is 2.20. The molecule has 1 N–H and O–H groups in total. The van der Waals surface area contributed by atoms with E-state index in [0.29, 0.717) is 6.42 Å². The number of carbonyl (C=O) groups excluding carboxylic acids is 1. The van der Waals surface area contributed by atoms with Crippen LogP contribution in [0.1, 0.15) is 47.5 Å². The molecule has 0 spiro atoms. The number of nitrogens with zero attached hydrogens (tertiary/aromatic N) is 1. The Bertz CT molecular complexity index is 226. The third-order valence-corrected chi connectivity index (χ3v) is 1.56. The van der Waals surface area contributed by atoms with Crippen LogP contribution in [-0.4, -0.2) is 24.7 Å². The van der Waals surface area contributed by atoms with E-state index in [1.807, 2.05) is 34.6 Å². The number of carbonyl (C=O) groups is 1. The Kier molecular flexibility index (Phi) is 9.92. The van der Waals surface area contributed by atoms with Crippen LogP contribution >= 0.6 is 0 Å². The minimum atomic E-state index is -0.446. The molecule has 0 radical (unpaired) electrons. The second-order valence-electron chi connectivity index (χ2n) is 4.10. The highest BCUT2D eigenvalue weighted by Crippen LogP contribution is 2.09. The summed E-state index contributed by atoms with van der Waals surface area (Å²) in [5.41, 5.74) is -0.446. The Morgan fingerprint density at radius 3 is 2.25 bits per heavy atom. The molecule has 0 amide bonds. The largest absolute Gasteiger partial charge is 0.460 e. The first-order valence-corrected chi connectivity index (χ1v) is 5.68. The van der Waals surface area contributed by atoms with Gasteiger partial charge in [-0.1, -0.05) is 13.8 Å². The molecular weight excluding hydrogens is 204 g/mol. The van der Waals surface area contributed by atoms with Crippen LogP contribution in [0.15, 0.2) is 0 Å². The van der Waals surface area contributed by atoms with Gasteiger partial charge in [-0.2, -0.15) is 5.26 Å². The summed E-state index contributed by atoms with van der Waals surface area (Å²) in [6, 6.07) is 1.78. The lowest BCUT2D eigenvalue weighted by molar-refractivity contribution is -0.154. The Hall–Kier alpha value is -1.08. The van der Waals surface area contributed by atoms with Crippen LogP contribution in [0, 0.1) is 11.3 Å². The smallest absolute Gasteiger partial charge is 0.306 e. The van der Waals surface area contributed by atoms with E-state index in [1.54, 1.807) is 7.05 Å². The monoisotopic (exact) mass is 228 g/mol. The third kappa shape index (κ3) is 11.0. The first-order chi connectivity index (χ1) is 7.39. The maximum absolute atomic E-state index is 11.2. The Morgan fingerprint density at radius 1 is 1.44 bits per heavy atom. The summed E-state index contributed by atoms with van der Waals surface area (Å²) >= 11 is 0. The number of nitriles is 1. The van der Waals surface area contributed by atoms with Crippen LogP contribution in [0.3, 0.4) is 0 Å². The van der Waals surface area contributed by atoms with E-state index in [-0.39, 0.29) is 18.4 Å². The molecule has 0 heterocycles. The van der Waals surface area contributed by atoms with Gasteiger partial charge in [0.05, 0.1) is 12.1 Å². The molecule has 94 valence electrons. The van der Waals surface area contributed by atoms with E-state index in [0.717, 1.165) is 0 Å². The third-order valence-electron chi connectivity index (χ3n) is 1.56. The van der Waals surface area contributed by atoms with Crippen molar-refractivity contribution in [1.29, 1.82) is 5.26 Å². The van der Waals surface area contributed by atoms with Gasteiger partial charge in [0, 0.05) is 6.42 Å². The van der Waals surface area contributed by atoms with Crippen LogP contribution < -0.4 is 5.32 Å². The molecular formula is C12H24N2O2. The van der Waals surface area contributed by atoms with Crippen molar-refractivity contribution in [3.63, 3.8) is 0 Å². The number of hydrogen-bond donors (Lipinski definition) is 1. The van der Waals surface area contributed by atoms with Gasteiger partial charge in [0.25, 0.3) is 0 Å². The minimum Gasteiger partial charge on any atom is -0.460 e. The summed E-state index contributed by atoms with van der Waals surface area (Å²) in [4.78, 5) is 11.2. The molecule has 1 atom stereocenters. The predicted molar refractivity (Wildman–Crippen MR) is 64.9 cm³/mol. The van der Waals surface area contributed by atoms with Crippen molar-refractivity contribution in [2.75, 3.05) is 7.05 Å². The molecule has 0 saturated heterocycles. The Balaban J connectivity index is 0. The van der Waals surface area contributed by atoms with Crippen molar-refractivity contribution in [2.24, 2.45) is 0 Å². The van der Waals surface area contributed by atoms with Crippen LogP contribution in [0.4, 0.5) is 0 Å². The van der Waals surface area contributed by atoms with Gasteiger partial charge in [-0.05, 0) is 34.2 Å². The zero-order chi connectivity index (χ0) is 13.2. The van der Waals surface area contributed by atoms with Crippen molar-refractivity contribution in [3.8, 4) is 6.07 Å². The van der Waals surface area contributed by atoms with Gasteiger partial charge in [0.1, 0.15) is 5.60 Å². The maximum Gasteiger partial charge on any atom is 0.306 e. The molecule has 0 saturated carbocycles. The molecule has 0 aromatic heterocycles. The molecule has 1 unspecified atom stereocenters. The molecule has 0 bridgehead atoms. The fourth-order valence-electron chi connectivity index (χ4n) is 0.928. The molecule has 0 aliphatic rings. The van der Waals surface area contributed by atoms with Crippen molar-refractivity contribution < 1.29 is 9.53 Å². The SMILES string of the molecule is CC.CNC(C#N)CCC(=O)OC(C)(C)C. The Morgan fingerprint density at radius 2 is 1.94 bits per heavy atom. The molecule has 0 rings (SSSR count). The maximum atomic E-state index is 11.2. The number of hydrogen-bond acceptors (Lipinski definition) is 4. The lowest BCUT2D eigenvalue weighted by Gasteiger charge is -2.19. The van der Waals surface area contributed by atoms with Crippen molar-refractivity contribution in [2.45, 2.75) is 59.1 Å². The normalized spacial score (nSPS) is 11.8. The van der Waals surface area contributed by atoms with Gasteiger partial charge in [0.2, 0.25) is 0 Å². The van der Waals surface area contributed by atoms with E-state index >= 15 is 0 Å². The second-order valence-corrected chi connectivity index (χ2v) is 4.10. The highest BCUT2D eigenvalue weighted by atomic mass is 16.6. The summed E-state index contributed by atoms with van der Waals surface area (Å²) < 4.78 is 5.10. The van der Waals surface area contributed by atoms with Crippen molar-refractivity contribution in [3.05, 3.63) is 0 Å². The average molecular weight is 228 g/mol. The van der Waals surface area contributed by atoms with E-state index in [2.05, 4.69) is 11.4 Å². The van der Waals surface area contributed by atoms with Gasteiger partial charge in [-0.15, -0.1) is 0 Å². The number of rotatable bonds is 4. The van der Waals surface area contributed by atoms with Gasteiger partial charge in [0.15, 0.2) is 0 Å². The first kappa shape index (κ1) is 17.3. The summed E-state index contributed by atoms with van der Waals surface area (Å²) in [7, 11) is 1.70. The van der Waals surface area contributed by atoms with Crippen LogP contribution in [0.5, 0.6) is 0 Å². The molecule has 4 nitrogen and oxygen atoms in total. The minimum absolute atomic E-state index is 0.256. The molecule has 0 fully saturated rings. The zero-order valence-electron chi connectivity index (χ0n) is 11.3. The first-order valence-electron chi connectivity index (χ1n) is 5.68. The number of ether oxygens (including phenoxy) is 1. The van der Waals surface area contributed by atoms with Crippen LogP contribution in [0.25, 0.3) is 0 Å². The standard InChI is InChI=1S/C10H18N2O2.C2H6/c1-10(2,3)14-9(13)6-5-8(7-11)12-4;1-2/h8,12H,5-6H2,1-4H3;1-2H3. The molecule has 0 aliphatic heterocycles. The lowest BCUT2D eigenvalue weighted by Crippen LogP contribution is -2.27. The fourth-order valence-corrected chi connectivity index (χ4v) is 0.928. The Labute approximate surface area is 99.0 Å². The van der Waals surface area contributed by atoms with E-state index in [9.17, 15) is 4.79 Å². The summed E-state index contributed by atoms with van der Waals surface area (Å²) in [6.07, 6.45) is 0.762. The molecule has 0 aromatic rings. The lowest BCUT2D eigenvalue weighted by atomic mass is 10.1. The van der Waals surface area contributed by atoms with Gasteiger partial charge < -0.3 is 10.1 Å². The van der Waals surface area contributed by atoms with Gasteiger partial charge >= 0.3 is 5.97 Å². The molecule has 0 aliphatic carbocycles. The van der Waals surface area contributed by atoms with Crippen molar-refractivity contribution in [1.82, 2.24) is 5.32 Å². The topological polar surface area (TPSA) is 62.1 Å². The van der Waals surface area contributed by atoms with Gasteiger partial charge in [-0.25, -0.2) is 0 Å². The van der Waals surface area contributed by atoms with Crippen molar-refractivity contribution >= 4 is 5.97 Å². The van der Waals surface area contributed by atoms with E-state index < -0.39 is 5.60 Å². The van der Waals surface area contributed by atoms with Crippen LogP contribution in [-0.2, 0) is 9.53 Å². The van der Waals surface area contributed by atoms with E-state index in [4.69, 9.17) is 10.00 Å².